The van der Waals surface area contributed by atoms with Crippen molar-refractivity contribution in [2.75, 3.05) is 13.1 Å². The van der Waals surface area contributed by atoms with Gasteiger partial charge in [0.1, 0.15) is 0 Å². The van der Waals surface area contributed by atoms with Gasteiger partial charge in [-0.2, -0.15) is 0 Å². The second-order valence-electron chi connectivity index (χ2n) is 3.60. The average Bonchev–Trinajstić information content (AvgIpc) is 2.06. The summed E-state index contributed by atoms with van der Waals surface area (Å²) >= 11 is 0. The van der Waals surface area contributed by atoms with E-state index in [-0.39, 0.29) is 0 Å². The number of piperidine rings is 3. The number of aliphatic hydroxyl groups is 1. The minimum Gasteiger partial charge on any atom is -0.365 e. The first-order valence-corrected chi connectivity index (χ1v) is 4.20. The predicted molar refractivity (Wildman–Crippen MR) is 42.7 cm³/mol. The third kappa shape index (κ3) is 0.962. The Morgan fingerprint density at radius 2 is 2.09 bits per heavy atom. The van der Waals surface area contributed by atoms with Crippen LogP contribution in [-0.4, -0.2) is 28.8 Å². The molecule has 3 fully saturated rings. The van der Waals surface area contributed by atoms with Crippen LogP contribution in [0.25, 0.3) is 0 Å². The Morgan fingerprint density at radius 3 is 2.36 bits per heavy atom. The zero-order chi connectivity index (χ0) is 7.90. The van der Waals surface area contributed by atoms with Crippen molar-refractivity contribution in [1.82, 2.24) is 4.90 Å². The van der Waals surface area contributed by atoms with Crippen molar-refractivity contribution in [2.45, 2.75) is 25.0 Å². The normalized spacial score (nSPS) is 48.7. The Hall–Kier alpha value is -0.520. The van der Waals surface area contributed by atoms with Crippen LogP contribution >= 0.6 is 0 Å². The van der Waals surface area contributed by atoms with Gasteiger partial charge in [-0.3, -0.25) is 4.90 Å². The van der Waals surface area contributed by atoms with Gasteiger partial charge in [-0.1, -0.05) is 5.92 Å². The van der Waals surface area contributed by atoms with E-state index in [0.29, 0.717) is 5.92 Å². The Bertz CT molecular complexity index is 200. The van der Waals surface area contributed by atoms with Gasteiger partial charge in [-0.05, 0) is 18.8 Å². The van der Waals surface area contributed by atoms with Crippen LogP contribution < -0.4 is 0 Å². The summed E-state index contributed by atoms with van der Waals surface area (Å²) in [5, 5.41) is 9.86. The van der Waals surface area contributed by atoms with Crippen LogP contribution in [0.15, 0.2) is 0 Å². The van der Waals surface area contributed by atoms with Crippen molar-refractivity contribution in [3.8, 4) is 12.3 Å². The highest BCUT2D eigenvalue weighted by molar-refractivity contribution is 5.11. The van der Waals surface area contributed by atoms with Crippen molar-refractivity contribution in [1.29, 1.82) is 0 Å². The number of hydrogen-bond acceptors (Lipinski definition) is 2. The maximum atomic E-state index is 9.86. The topological polar surface area (TPSA) is 23.5 Å². The van der Waals surface area contributed by atoms with Crippen LogP contribution in [0.2, 0.25) is 0 Å². The van der Waals surface area contributed by atoms with E-state index in [2.05, 4.69) is 5.92 Å². The summed E-state index contributed by atoms with van der Waals surface area (Å²) in [5.74, 6) is 3.16. The highest BCUT2D eigenvalue weighted by atomic mass is 16.3. The molecular formula is C9H13NO. The van der Waals surface area contributed by atoms with Crippen molar-refractivity contribution in [3.05, 3.63) is 0 Å². The zero-order valence-electron chi connectivity index (χ0n) is 6.58. The minimum atomic E-state index is -0.902. The molecule has 2 nitrogen and oxygen atoms in total. The van der Waals surface area contributed by atoms with Crippen LogP contribution in [0, 0.1) is 18.3 Å². The molecule has 3 heterocycles. The van der Waals surface area contributed by atoms with Gasteiger partial charge in [0.2, 0.25) is 0 Å². The lowest BCUT2D eigenvalue weighted by molar-refractivity contribution is -0.130. The van der Waals surface area contributed by atoms with Crippen molar-refractivity contribution in [2.24, 2.45) is 5.92 Å². The number of fused-ring (bicyclic) bond motifs is 3. The molecule has 1 N–H and O–H groups in total. The van der Waals surface area contributed by atoms with E-state index in [9.17, 15) is 5.11 Å². The highest BCUT2D eigenvalue weighted by Gasteiger charge is 2.42. The lowest BCUT2D eigenvalue weighted by Gasteiger charge is -2.48. The van der Waals surface area contributed by atoms with Gasteiger partial charge in [0, 0.05) is 19.5 Å². The van der Waals surface area contributed by atoms with Gasteiger partial charge in [-0.25, -0.2) is 0 Å². The molecule has 0 saturated carbocycles. The van der Waals surface area contributed by atoms with Gasteiger partial charge in [0.05, 0.1) is 0 Å². The lowest BCUT2D eigenvalue weighted by Crippen LogP contribution is -2.57. The first-order valence-electron chi connectivity index (χ1n) is 4.20. The maximum Gasteiger partial charge on any atom is 0.181 e. The van der Waals surface area contributed by atoms with Crippen molar-refractivity contribution in [3.63, 3.8) is 0 Å². The Kier molecular flexibility index (Phi) is 1.45. The lowest BCUT2D eigenvalue weighted by atomic mass is 9.81. The second-order valence-corrected chi connectivity index (χ2v) is 3.60. The summed E-state index contributed by atoms with van der Waals surface area (Å²) in [6, 6.07) is 0. The largest absolute Gasteiger partial charge is 0.365 e. The molecule has 2 bridgehead atoms. The van der Waals surface area contributed by atoms with Gasteiger partial charge in [-0.15, -0.1) is 6.42 Å². The highest BCUT2D eigenvalue weighted by Crippen LogP contribution is 2.36. The number of terminal acetylenes is 1. The third-order valence-corrected chi connectivity index (χ3v) is 2.94. The molecule has 60 valence electrons. The van der Waals surface area contributed by atoms with E-state index in [0.717, 1.165) is 19.5 Å². The zero-order valence-corrected chi connectivity index (χ0v) is 6.58. The van der Waals surface area contributed by atoms with E-state index in [1.807, 2.05) is 4.90 Å². The quantitative estimate of drug-likeness (QED) is 0.507. The molecule has 1 atom stereocenters. The van der Waals surface area contributed by atoms with E-state index >= 15 is 0 Å². The van der Waals surface area contributed by atoms with Gasteiger partial charge >= 0.3 is 0 Å². The van der Waals surface area contributed by atoms with E-state index in [1.165, 1.54) is 12.8 Å². The molecule has 3 aliphatic heterocycles. The van der Waals surface area contributed by atoms with Gasteiger partial charge in [0.25, 0.3) is 0 Å². The number of nitrogens with zero attached hydrogens (tertiary/aromatic N) is 1. The average molecular weight is 151 g/mol. The second kappa shape index (κ2) is 2.23. The van der Waals surface area contributed by atoms with Crippen LogP contribution in [0.4, 0.5) is 0 Å². The summed E-state index contributed by atoms with van der Waals surface area (Å²) in [6.07, 6.45) is 8.49. The molecule has 2 heteroatoms. The first-order chi connectivity index (χ1) is 5.24. The molecule has 0 aromatic heterocycles. The van der Waals surface area contributed by atoms with E-state index in [4.69, 9.17) is 6.42 Å². The molecule has 0 spiro atoms. The fourth-order valence-electron chi connectivity index (χ4n) is 2.19. The number of rotatable bonds is 0. The standard InChI is InChI=1S/C9H13NO/c1-2-9(11)7-8-3-5-10(9)6-4-8/h1,8,11H,3-7H2. The molecule has 0 aromatic rings. The Morgan fingerprint density at radius 1 is 1.45 bits per heavy atom. The van der Waals surface area contributed by atoms with Crippen molar-refractivity contribution >= 4 is 0 Å². The van der Waals surface area contributed by atoms with E-state index < -0.39 is 5.72 Å². The molecule has 3 saturated heterocycles. The molecule has 11 heavy (non-hydrogen) atoms. The third-order valence-electron chi connectivity index (χ3n) is 2.94. The molecule has 0 radical (unpaired) electrons. The SMILES string of the molecule is C#CC1(O)CC2CCN1CC2. The van der Waals surface area contributed by atoms with Crippen LogP contribution in [0.5, 0.6) is 0 Å². The van der Waals surface area contributed by atoms with Gasteiger partial charge < -0.3 is 5.11 Å². The fourth-order valence-corrected chi connectivity index (χ4v) is 2.19. The summed E-state index contributed by atoms with van der Waals surface area (Å²) < 4.78 is 0. The smallest absolute Gasteiger partial charge is 0.181 e. The molecule has 1 unspecified atom stereocenters. The Balaban J connectivity index is 2.21. The van der Waals surface area contributed by atoms with E-state index in [1.54, 1.807) is 0 Å². The minimum absolute atomic E-state index is 0.668. The summed E-state index contributed by atoms with van der Waals surface area (Å²) in [4.78, 5) is 2.02. The monoisotopic (exact) mass is 151 g/mol. The molecule has 3 aliphatic rings. The molecule has 3 rings (SSSR count). The summed E-state index contributed by atoms with van der Waals surface area (Å²) in [6.45, 7) is 1.96. The first kappa shape index (κ1) is 7.15. The van der Waals surface area contributed by atoms with Crippen molar-refractivity contribution < 1.29 is 5.11 Å². The molecule has 0 aliphatic carbocycles. The predicted octanol–water partition coefficient (Wildman–Crippen LogP) is 0.424. The fraction of sp³-hybridized carbons (Fsp3) is 0.778. The van der Waals surface area contributed by atoms with Crippen LogP contribution in [0.1, 0.15) is 19.3 Å². The summed E-state index contributed by atoms with van der Waals surface area (Å²) in [7, 11) is 0. The summed E-state index contributed by atoms with van der Waals surface area (Å²) in [5.41, 5.74) is -0.902. The molecule has 0 aromatic carbocycles. The van der Waals surface area contributed by atoms with Crippen LogP contribution in [0.3, 0.4) is 0 Å². The number of hydrogen-bond donors (Lipinski definition) is 1. The molecular weight excluding hydrogens is 138 g/mol. The molecule has 0 amide bonds. The maximum absolute atomic E-state index is 9.86. The Labute approximate surface area is 67.2 Å². The van der Waals surface area contributed by atoms with Gasteiger partial charge in [0.15, 0.2) is 5.72 Å². The van der Waals surface area contributed by atoms with Crippen LogP contribution in [-0.2, 0) is 0 Å².